The molecule has 96 valence electrons. The van der Waals surface area contributed by atoms with Gasteiger partial charge in [-0.05, 0) is 49.5 Å². The molecule has 2 rings (SSSR count). The number of fused-ring (bicyclic) bond motifs is 1. The molecule has 0 aromatic rings. The number of carbonyl (C=O) groups excluding carboxylic acids is 1. The third kappa shape index (κ3) is 2.47. The minimum Gasteiger partial charge on any atom is -0.378 e. The maximum absolute atomic E-state index is 11.9. The number of aliphatic hydroxyl groups is 1. The fourth-order valence-corrected chi connectivity index (χ4v) is 3.46. The molecule has 0 unspecified atom stereocenters. The molecule has 0 saturated heterocycles. The van der Waals surface area contributed by atoms with E-state index in [0.717, 1.165) is 12.8 Å². The molecule has 0 spiro atoms. The van der Waals surface area contributed by atoms with Crippen molar-refractivity contribution in [1.29, 1.82) is 0 Å². The Morgan fingerprint density at radius 1 is 1.35 bits per heavy atom. The maximum atomic E-state index is 11.9. The van der Waals surface area contributed by atoms with Crippen molar-refractivity contribution in [2.24, 2.45) is 17.3 Å². The van der Waals surface area contributed by atoms with Gasteiger partial charge in [0.25, 0.3) is 0 Å². The third-order valence-electron chi connectivity index (χ3n) is 4.48. The van der Waals surface area contributed by atoms with Crippen LogP contribution in [-0.2, 0) is 4.79 Å². The largest absolute Gasteiger partial charge is 0.378 e. The summed E-state index contributed by atoms with van der Waals surface area (Å²) < 4.78 is 0. The van der Waals surface area contributed by atoms with E-state index in [4.69, 9.17) is 0 Å². The predicted molar refractivity (Wildman–Crippen MR) is 68.6 cm³/mol. The van der Waals surface area contributed by atoms with Gasteiger partial charge in [0.05, 0.1) is 0 Å². The molecule has 1 fully saturated rings. The Labute approximate surface area is 104 Å². The lowest BCUT2D eigenvalue weighted by Gasteiger charge is -2.28. The highest BCUT2D eigenvalue weighted by Crippen LogP contribution is 2.50. The summed E-state index contributed by atoms with van der Waals surface area (Å²) in [6.07, 6.45) is 5.47. The Hall–Kier alpha value is -0.630. The van der Waals surface area contributed by atoms with Crippen molar-refractivity contribution in [3.63, 3.8) is 0 Å². The van der Waals surface area contributed by atoms with Crippen LogP contribution < -0.4 is 0 Å². The van der Waals surface area contributed by atoms with Crippen LogP contribution in [0.25, 0.3) is 0 Å². The van der Waals surface area contributed by atoms with Gasteiger partial charge < -0.3 is 5.11 Å². The van der Waals surface area contributed by atoms with Gasteiger partial charge in [0, 0.05) is 6.42 Å². The molecule has 2 aliphatic carbocycles. The standard InChI is InChI=1S/C15H24O2/c1-10-5-6-13(16)15(4,17)8-11-7-14(2,3)9-12(10)11/h8,10,12,17H,5-7,9H2,1-4H3/t10-,12-,15-/m1/s1. The van der Waals surface area contributed by atoms with E-state index in [-0.39, 0.29) is 5.78 Å². The average Bonchev–Trinajstić information content (AvgIpc) is 2.47. The molecule has 0 aliphatic heterocycles. The molecule has 3 atom stereocenters. The van der Waals surface area contributed by atoms with Crippen LogP contribution in [0.1, 0.15) is 53.4 Å². The van der Waals surface area contributed by atoms with Gasteiger partial charge in [0.1, 0.15) is 5.60 Å². The molecular weight excluding hydrogens is 212 g/mol. The van der Waals surface area contributed by atoms with E-state index in [1.54, 1.807) is 6.92 Å². The molecule has 1 N–H and O–H groups in total. The molecule has 2 nitrogen and oxygen atoms in total. The summed E-state index contributed by atoms with van der Waals surface area (Å²) in [6.45, 7) is 8.44. The van der Waals surface area contributed by atoms with Crippen molar-refractivity contribution in [2.75, 3.05) is 0 Å². The number of hydrogen-bond donors (Lipinski definition) is 1. The second kappa shape index (κ2) is 3.94. The van der Waals surface area contributed by atoms with E-state index in [1.807, 2.05) is 6.08 Å². The lowest BCUT2D eigenvalue weighted by molar-refractivity contribution is -0.132. The summed E-state index contributed by atoms with van der Waals surface area (Å²) in [6, 6.07) is 0. The fraction of sp³-hybridized carbons (Fsp3) is 0.800. The monoisotopic (exact) mass is 236 g/mol. The van der Waals surface area contributed by atoms with Gasteiger partial charge in [0.2, 0.25) is 0 Å². The second-order valence-electron chi connectivity index (χ2n) is 6.96. The second-order valence-corrected chi connectivity index (χ2v) is 6.96. The average molecular weight is 236 g/mol. The van der Waals surface area contributed by atoms with E-state index in [0.29, 0.717) is 23.7 Å². The molecule has 2 aliphatic rings. The first-order valence-electron chi connectivity index (χ1n) is 6.69. The van der Waals surface area contributed by atoms with Gasteiger partial charge >= 0.3 is 0 Å². The summed E-state index contributed by atoms with van der Waals surface area (Å²) in [5.41, 5.74) is 0.378. The van der Waals surface area contributed by atoms with Crippen molar-refractivity contribution in [2.45, 2.75) is 59.0 Å². The molecule has 0 radical (unpaired) electrons. The van der Waals surface area contributed by atoms with Gasteiger partial charge in [-0.2, -0.15) is 0 Å². The van der Waals surface area contributed by atoms with Crippen LogP contribution >= 0.6 is 0 Å². The van der Waals surface area contributed by atoms with Crippen molar-refractivity contribution in [1.82, 2.24) is 0 Å². The number of carbonyl (C=O) groups is 1. The lowest BCUT2D eigenvalue weighted by atomic mass is 9.78. The molecule has 0 aromatic carbocycles. The first kappa shape index (κ1) is 12.8. The normalized spacial score (nSPS) is 41.5. The smallest absolute Gasteiger partial charge is 0.168 e. The lowest BCUT2D eigenvalue weighted by Crippen LogP contribution is -2.35. The fourth-order valence-electron chi connectivity index (χ4n) is 3.46. The summed E-state index contributed by atoms with van der Waals surface area (Å²) in [7, 11) is 0. The van der Waals surface area contributed by atoms with E-state index in [1.165, 1.54) is 12.0 Å². The van der Waals surface area contributed by atoms with Crippen LogP contribution in [0, 0.1) is 17.3 Å². The number of ketones is 1. The predicted octanol–water partition coefficient (Wildman–Crippen LogP) is 3.10. The highest BCUT2D eigenvalue weighted by Gasteiger charge is 2.41. The Morgan fingerprint density at radius 2 is 2.00 bits per heavy atom. The molecule has 17 heavy (non-hydrogen) atoms. The summed E-state index contributed by atoms with van der Waals surface area (Å²) in [4.78, 5) is 11.9. The molecule has 2 heteroatoms. The number of allylic oxidation sites excluding steroid dienone is 1. The van der Waals surface area contributed by atoms with Crippen molar-refractivity contribution in [3.05, 3.63) is 11.6 Å². The number of Topliss-reactive ketones (excluding diaryl/α,β-unsaturated/α-hetero) is 1. The molecule has 0 bridgehead atoms. The summed E-state index contributed by atoms with van der Waals surface area (Å²) in [5, 5.41) is 10.2. The van der Waals surface area contributed by atoms with Crippen LogP contribution in [0.15, 0.2) is 11.6 Å². The Kier molecular flexibility index (Phi) is 2.97. The van der Waals surface area contributed by atoms with Crippen LogP contribution in [0.3, 0.4) is 0 Å². The Balaban J connectivity index is 2.38. The Morgan fingerprint density at radius 3 is 2.65 bits per heavy atom. The zero-order valence-corrected chi connectivity index (χ0v) is 11.4. The Bertz CT molecular complexity index is 363. The molecule has 0 amide bonds. The van der Waals surface area contributed by atoms with E-state index in [9.17, 15) is 9.90 Å². The summed E-state index contributed by atoms with van der Waals surface area (Å²) in [5.74, 6) is 1.09. The van der Waals surface area contributed by atoms with E-state index >= 15 is 0 Å². The molecule has 0 heterocycles. The zero-order chi connectivity index (χ0) is 12.8. The SMILES string of the molecule is C[C@@H]1CCC(=O)[C@](C)(O)C=C2CC(C)(C)C[C@@H]21. The first-order chi connectivity index (χ1) is 7.71. The summed E-state index contributed by atoms with van der Waals surface area (Å²) >= 11 is 0. The van der Waals surface area contributed by atoms with Gasteiger partial charge in [0.15, 0.2) is 5.78 Å². The molecule has 0 aromatic heterocycles. The van der Waals surface area contributed by atoms with Gasteiger partial charge in [-0.1, -0.05) is 26.3 Å². The van der Waals surface area contributed by atoms with Gasteiger partial charge in [-0.3, -0.25) is 4.79 Å². The van der Waals surface area contributed by atoms with Crippen LogP contribution in [0.5, 0.6) is 0 Å². The first-order valence-corrected chi connectivity index (χ1v) is 6.69. The van der Waals surface area contributed by atoms with Crippen LogP contribution in [-0.4, -0.2) is 16.5 Å². The third-order valence-corrected chi connectivity index (χ3v) is 4.48. The van der Waals surface area contributed by atoms with Crippen LogP contribution in [0.2, 0.25) is 0 Å². The minimum atomic E-state index is -1.24. The minimum absolute atomic E-state index is 0.0278. The maximum Gasteiger partial charge on any atom is 0.168 e. The van der Waals surface area contributed by atoms with E-state index < -0.39 is 5.60 Å². The molecule has 1 saturated carbocycles. The van der Waals surface area contributed by atoms with Gasteiger partial charge in [-0.25, -0.2) is 0 Å². The number of hydrogen-bond acceptors (Lipinski definition) is 2. The topological polar surface area (TPSA) is 37.3 Å². The molecular formula is C15H24O2. The van der Waals surface area contributed by atoms with Crippen molar-refractivity contribution in [3.8, 4) is 0 Å². The zero-order valence-electron chi connectivity index (χ0n) is 11.4. The van der Waals surface area contributed by atoms with Crippen molar-refractivity contribution < 1.29 is 9.90 Å². The van der Waals surface area contributed by atoms with E-state index in [2.05, 4.69) is 20.8 Å². The van der Waals surface area contributed by atoms with Gasteiger partial charge in [-0.15, -0.1) is 0 Å². The van der Waals surface area contributed by atoms with Crippen LogP contribution in [0.4, 0.5) is 0 Å². The quantitative estimate of drug-likeness (QED) is 0.656. The highest BCUT2D eigenvalue weighted by molar-refractivity contribution is 5.89. The highest BCUT2D eigenvalue weighted by atomic mass is 16.3. The van der Waals surface area contributed by atoms with Crippen molar-refractivity contribution >= 4 is 5.78 Å². The number of rotatable bonds is 0.